The van der Waals surface area contributed by atoms with Crippen LogP contribution in [0, 0.1) is 0 Å². The molecule has 0 amide bonds. The molecule has 106 valence electrons. The van der Waals surface area contributed by atoms with E-state index in [0.29, 0.717) is 17.3 Å². The number of ether oxygens (including phenoxy) is 1. The molecule has 6 heteroatoms. The van der Waals surface area contributed by atoms with Crippen LogP contribution in [0.5, 0.6) is 0 Å². The van der Waals surface area contributed by atoms with Crippen molar-refractivity contribution in [3.05, 3.63) is 45.2 Å². The Hall–Kier alpha value is -1.59. The summed E-state index contributed by atoms with van der Waals surface area (Å²) >= 11 is 7.75. The summed E-state index contributed by atoms with van der Waals surface area (Å²) in [6.45, 7) is 2.17. The molecule has 0 aliphatic carbocycles. The first-order valence-corrected chi connectivity index (χ1v) is 7.45. The largest absolute Gasteiger partial charge is 0.466 e. The van der Waals surface area contributed by atoms with E-state index in [1.807, 2.05) is 35.3 Å². The van der Waals surface area contributed by atoms with Gasteiger partial charge in [0.05, 0.1) is 23.7 Å². The van der Waals surface area contributed by atoms with Gasteiger partial charge in [0.25, 0.3) is 0 Å². The van der Waals surface area contributed by atoms with Gasteiger partial charge in [0, 0.05) is 18.6 Å². The molecule has 0 aliphatic rings. The minimum atomic E-state index is -0.252. The first-order chi connectivity index (χ1) is 9.60. The second-order valence-electron chi connectivity index (χ2n) is 4.18. The molecule has 1 aromatic heterocycles. The summed E-state index contributed by atoms with van der Waals surface area (Å²) in [5.41, 5.74) is 1.51. The molecule has 1 heterocycles. The molecule has 1 aromatic carbocycles. The lowest BCUT2D eigenvalue weighted by molar-refractivity contribution is -0.142. The molecule has 0 fully saturated rings. The average Bonchev–Trinajstić information content (AvgIpc) is 2.79. The molecule has 0 spiro atoms. The number of aromatic nitrogens is 1. The predicted octanol–water partition coefficient (Wildman–Crippen LogP) is 3.08. The zero-order valence-corrected chi connectivity index (χ0v) is 12.9. The number of hydrogen-bond donors (Lipinski definition) is 0. The number of hydrogen-bond acceptors (Lipinski definition) is 4. The van der Waals surface area contributed by atoms with Crippen molar-refractivity contribution in [3.8, 4) is 0 Å². The topological polar surface area (TPSA) is 43.6 Å². The Labute approximate surface area is 126 Å². The molecule has 0 radical (unpaired) electrons. The number of thiazole rings is 1. The van der Waals surface area contributed by atoms with Crippen molar-refractivity contribution in [1.82, 2.24) is 4.57 Å². The molecule has 0 bridgehead atoms. The van der Waals surface area contributed by atoms with Crippen LogP contribution in [0.3, 0.4) is 0 Å². The molecule has 4 nitrogen and oxygen atoms in total. The van der Waals surface area contributed by atoms with Gasteiger partial charge in [-0.3, -0.25) is 4.79 Å². The normalized spacial score (nSPS) is 11.7. The molecule has 20 heavy (non-hydrogen) atoms. The highest BCUT2D eigenvalue weighted by Gasteiger charge is 2.07. The zero-order chi connectivity index (χ0) is 14.5. The van der Waals surface area contributed by atoms with Crippen LogP contribution in [-0.4, -0.2) is 17.1 Å². The van der Waals surface area contributed by atoms with Crippen LogP contribution in [0.1, 0.15) is 12.5 Å². The average molecular weight is 311 g/mol. The van der Waals surface area contributed by atoms with Crippen LogP contribution in [0.4, 0.5) is 5.69 Å². The molecule has 0 aliphatic heterocycles. The van der Waals surface area contributed by atoms with E-state index in [-0.39, 0.29) is 12.4 Å². The number of carbonyl (C=O) groups excluding carboxylic acids is 1. The number of esters is 1. The number of aryl methyl sites for hydroxylation is 1. The Morgan fingerprint density at radius 1 is 1.50 bits per heavy atom. The van der Waals surface area contributed by atoms with Crippen LogP contribution in [0.2, 0.25) is 5.02 Å². The van der Waals surface area contributed by atoms with Gasteiger partial charge in [-0.2, -0.15) is 0 Å². The summed E-state index contributed by atoms with van der Waals surface area (Å²) in [5.74, 6) is -0.252. The molecule has 2 aromatic rings. The maximum absolute atomic E-state index is 11.4. The Kier molecular flexibility index (Phi) is 4.98. The van der Waals surface area contributed by atoms with Crippen LogP contribution in [0.15, 0.2) is 34.8 Å². The summed E-state index contributed by atoms with van der Waals surface area (Å²) in [4.78, 5) is 16.8. The van der Waals surface area contributed by atoms with Gasteiger partial charge in [-0.1, -0.05) is 17.7 Å². The van der Waals surface area contributed by atoms with Crippen molar-refractivity contribution in [2.75, 3.05) is 6.61 Å². The fourth-order valence-electron chi connectivity index (χ4n) is 1.67. The van der Waals surface area contributed by atoms with Gasteiger partial charge < -0.3 is 9.30 Å². The van der Waals surface area contributed by atoms with Crippen molar-refractivity contribution >= 4 is 34.6 Å². The second kappa shape index (κ2) is 6.72. The van der Waals surface area contributed by atoms with Crippen molar-refractivity contribution in [3.63, 3.8) is 0 Å². The maximum Gasteiger partial charge on any atom is 0.310 e. The highest BCUT2D eigenvalue weighted by atomic mass is 35.5. The Morgan fingerprint density at radius 2 is 2.30 bits per heavy atom. The molecular formula is C14H15ClN2O2S. The summed E-state index contributed by atoms with van der Waals surface area (Å²) < 4.78 is 6.83. The van der Waals surface area contributed by atoms with E-state index >= 15 is 0 Å². The lowest BCUT2D eigenvalue weighted by atomic mass is 10.1. The lowest BCUT2D eigenvalue weighted by Crippen LogP contribution is -2.08. The summed E-state index contributed by atoms with van der Waals surface area (Å²) in [6.07, 6.45) is 2.16. The molecular weight excluding hydrogens is 296 g/mol. The Morgan fingerprint density at radius 3 is 2.90 bits per heavy atom. The third kappa shape index (κ3) is 3.71. The van der Waals surface area contributed by atoms with Crippen LogP contribution >= 0.6 is 22.9 Å². The number of halogens is 1. The third-order valence-corrected chi connectivity index (χ3v) is 3.79. The SMILES string of the molecule is CCOC(=O)Cc1ccc(/N=c2\sccn2C)c(Cl)c1. The van der Waals surface area contributed by atoms with Crippen LogP contribution in [-0.2, 0) is 23.0 Å². The molecule has 0 atom stereocenters. The highest BCUT2D eigenvalue weighted by Crippen LogP contribution is 2.25. The van der Waals surface area contributed by atoms with Crippen molar-refractivity contribution in [1.29, 1.82) is 0 Å². The lowest BCUT2D eigenvalue weighted by Gasteiger charge is -2.04. The minimum Gasteiger partial charge on any atom is -0.466 e. The van der Waals surface area contributed by atoms with E-state index in [0.717, 1.165) is 10.4 Å². The van der Waals surface area contributed by atoms with E-state index in [4.69, 9.17) is 16.3 Å². The van der Waals surface area contributed by atoms with Gasteiger partial charge in [0.2, 0.25) is 0 Å². The molecule has 0 unspecified atom stereocenters. The van der Waals surface area contributed by atoms with Gasteiger partial charge in [-0.25, -0.2) is 4.99 Å². The van der Waals surface area contributed by atoms with Gasteiger partial charge in [0.15, 0.2) is 4.80 Å². The van der Waals surface area contributed by atoms with E-state index in [1.165, 1.54) is 11.3 Å². The second-order valence-corrected chi connectivity index (χ2v) is 5.46. The van der Waals surface area contributed by atoms with E-state index in [9.17, 15) is 4.79 Å². The molecule has 0 saturated heterocycles. The first-order valence-electron chi connectivity index (χ1n) is 6.19. The summed E-state index contributed by atoms with van der Waals surface area (Å²) in [5, 5.41) is 2.49. The van der Waals surface area contributed by atoms with Crippen molar-refractivity contribution in [2.45, 2.75) is 13.3 Å². The standard InChI is InChI=1S/C14H15ClN2O2S/c1-3-19-13(18)9-10-4-5-12(11(15)8-10)16-14-17(2)6-7-20-14/h4-8H,3,9H2,1-2H3/b16-14-. The third-order valence-electron chi connectivity index (χ3n) is 2.64. The zero-order valence-electron chi connectivity index (χ0n) is 11.3. The fraction of sp³-hybridized carbons (Fsp3) is 0.286. The number of rotatable bonds is 4. The summed E-state index contributed by atoms with van der Waals surface area (Å²) in [6, 6.07) is 5.41. The quantitative estimate of drug-likeness (QED) is 0.815. The van der Waals surface area contributed by atoms with Gasteiger partial charge >= 0.3 is 5.97 Å². The predicted molar refractivity (Wildman–Crippen MR) is 80.3 cm³/mol. The first kappa shape index (κ1) is 14.8. The highest BCUT2D eigenvalue weighted by molar-refractivity contribution is 7.07. The Bertz CT molecular complexity index is 676. The van der Waals surface area contributed by atoms with E-state index in [2.05, 4.69) is 4.99 Å². The van der Waals surface area contributed by atoms with E-state index in [1.54, 1.807) is 13.0 Å². The van der Waals surface area contributed by atoms with Crippen molar-refractivity contribution in [2.24, 2.45) is 12.0 Å². The summed E-state index contributed by atoms with van der Waals surface area (Å²) in [7, 11) is 1.93. The smallest absolute Gasteiger partial charge is 0.310 e. The fourth-order valence-corrected chi connectivity index (χ4v) is 2.66. The molecule has 2 rings (SSSR count). The van der Waals surface area contributed by atoms with Gasteiger partial charge in [0.1, 0.15) is 0 Å². The maximum atomic E-state index is 11.4. The van der Waals surface area contributed by atoms with Gasteiger partial charge in [-0.15, -0.1) is 11.3 Å². The van der Waals surface area contributed by atoms with Crippen LogP contribution in [0.25, 0.3) is 0 Å². The Balaban J connectivity index is 2.23. The monoisotopic (exact) mass is 310 g/mol. The number of carbonyl (C=O) groups is 1. The molecule has 0 saturated carbocycles. The number of nitrogens with zero attached hydrogens (tertiary/aromatic N) is 2. The van der Waals surface area contributed by atoms with Crippen LogP contribution < -0.4 is 4.80 Å². The minimum absolute atomic E-state index is 0.223. The van der Waals surface area contributed by atoms with Gasteiger partial charge in [-0.05, 0) is 24.6 Å². The molecule has 0 N–H and O–H groups in total. The van der Waals surface area contributed by atoms with Crippen molar-refractivity contribution < 1.29 is 9.53 Å². The van der Waals surface area contributed by atoms with E-state index < -0.39 is 0 Å². The number of benzene rings is 1.